The zero-order chi connectivity index (χ0) is 13.8. The van der Waals surface area contributed by atoms with E-state index in [4.69, 9.17) is 5.11 Å². The summed E-state index contributed by atoms with van der Waals surface area (Å²) in [5.41, 5.74) is 6.91. The van der Waals surface area contributed by atoms with Crippen LogP contribution in [0.15, 0.2) is 34.9 Å². The van der Waals surface area contributed by atoms with Gasteiger partial charge >= 0.3 is 5.97 Å². The van der Waals surface area contributed by atoms with Crippen molar-refractivity contribution >= 4 is 28.7 Å². The van der Waals surface area contributed by atoms with Crippen molar-refractivity contribution in [2.24, 2.45) is 5.10 Å². The van der Waals surface area contributed by atoms with Crippen molar-refractivity contribution in [3.63, 3.8) is 0 Å². The summed E-state index contributed by atoms with van der Waals surface area (Å²) in [6, 6.07) is 6.66. The molecule has 0 saturated heterocycles. The van der Waals surface area contributed by atoms with E-state index < -0.39 is 5.97 Å². The number of nitrogens with one attached hydrogen (secondary N) is 1. The van der Waals surface area contributed by atoms with E-state index in [1.54, 1.807) is 23.7 Å². The van der Waals surface area contributed by atoms with Gasteiger partial charge in [0, 0.05) is 0 Å². The van der Waals surface area contributed by atoms with E-state index in [1.165, 1.54) is 17.4 Å². The lowest BCUT2D eigenvalue weighted by atomic mass is 10.2. The first kappa shape index (κ1) is 13.2. The molecular weight excluding hydrogens is 262 g/mol. The molecule has 0 aliphatic heterocycles. The summed E-state index contributed by atoms with van der Waals surface area (Å²) in [6.07, 6.45) is 0. The molecule has 0 saturated carbocycles. The number of carboxylic acid groups (broad SMARTS) is 1. The fourth-order valence-electron chi connectivity index (χ4n) is 1.61. The van der Waals surface area contributed by atoms with Gasteiger partial charge in [-0.05, 0) is 26.0 Å². The van der Waals surface area contributed by atoms with Gasteiger partial charge in [0.15, 0.2) is 0 Å². The normalized spacial score (nSPS) is 11.4. The van der Waals surface area contributed by atoms with Crippen LogP contribution in [-0.2, 0) is 0 Å². The summed E-state index contributed by atoms with van der Waals surface area (Å²) in [5, 5.41) is 13.3. The topological polar surface area (TPSA) is 74.6 Å². The maximum atomic E-state index is 11.1. The quantitative estimate of drug-likeness (QED) is 0.664. The Hall–Kier alpha value is -2.21. The maximum absolute atomic E-state index is 11.1. The average molecular weight is 275 g/mol. The number of anilines is 1. The van der Waals surface area contributed by atoms with Gasteiger partial charge in [0.2, 0.25) is 0 Å². The van der Waals surface area contributed by atoms with E-state index in [0.29, 0.717) is 5.69 Å². The van der Waals surface area contributed by atoms with Crippen molar-refractivity contribution in [3.8, 4) is 0 Å². The molecular formula is C13H13N3O2S. The maximum Gasteiger partial charge on any atom is 0.337 e. The van der Waals surface area contributed by atoms with Crippen molar-refractivity contribution in [2.75, 3.05) is 5.43 Å². The van der Waals surface area contributed by atoms with Crippen molar-refractivity contribution in [2.45, 2.75) is 13.8 Å². The SMILES string of the molecule is C/C(=N\Nc1ccccc1C(=O)O)c1scnc1C. The number of aryl methyl sites for hydroxylation is 1. The summed E-state index contributed by atoms with van der Waals surface area (Å²) >= 11 is 1.51. The van der Waals surface area contributed by atoms with Gasteiger partial charge < -0.3 is 5.11 Å². The summed E-state index contributed by atoms with van der Waals surface area (Å²) in [4.78, 5) is 16.2. The Balaban J connectivity index is 2.23. The molecule has 2 aromatic rings. The third-order valence-electron chi connectivity index (χ3n) is 2.58. The molecule has 0 radical (unpaired) electrons. The van der Waals surface area contributed by atoms with E-state index in [1.807, 2.05) is 13.8 Å². The largest absolute Gasteiger partial charge is 0.478 e. The van der Waals surface area contributed by atoms with Gasteiger partial charge in [-0.25, -0.2) is 9.78 Å². The molecule has 0 unspecified atom stereocenters. The Labute approximate surface area is 114 Å². The number of aromatic carboxylic acids is 1. The van der Waals surface area contributed by atoms with E-state index in [2.05, 4.69) is 15.5 Å². The highest BCUT2D eigenvalue weighted by Crippen LogP contribution is 2.17. The molecule has 1 aromatic carbocycles. The van der Waals surface area contributed by atoms with Crippen LogP contribution >= 0.6 is 11.3 Å². The van der Waals surface area contributed by atoms with Crippen LogP contribution in [0.25, 0.3) is 0 Å². The third-order valence-corrected chi connectivity index (χ3v) is 3.61. The average Bonchev–Trinajstić information content (AvgIpc) is 2.82. The lowest BCUT2D eigenvalue weighted by Gasteiger charge is -2.05. The summed E-state index contributed by atoms with van der Waals surface area (Å²) in [5.74, 6) is -0.982. The van der Waals surface area contributed by atoms with Gasteiger partial charge in [-0.2, -0.15) is 5.10 Å². The minimum Gasteiger partial charge on any atom is -0.478 e. The van der Waals surface area contributed by atoms with Crippen molar-refractivity contribution in [1.82, 2.24) is 4.98 Å². The molecule has 6 heteroatoms. The van der Waals surface area contributed by atoms with Gasteiger partial charge in [0.25, 0.3) is 0 Å². The first-order valence-corrected chi connectivity index (χ1v) is 6.50. The number of hydrogen-bond donors (Lipinski definition) is 2. The second kappa shape index (κ2) is 5.62. The van der Waals surface area contributed by atoms with Crippen LogP contribution in [0.2, 0.25) is 0 Å². The van der Waals surface area contributed by atoms with Crippen LogP contribution in [0.1, 0.15) is 27.9 Å². The summed E-state index contributed by atoms with van der Waals surface area (Å²) in [7, 11) is 0. The third kappa shape index (κ3) is 2.97. The van der Waals surface area contributed by atoms with Crippen LogP contribution < -0.4 is 5.43 Å². The molecule has 0 atom stereocenters. The highest BCUT2D eigenvalue weighted by Gasteiger charge is 2.09. The predicted molar refractivity (Wildman–Crippen MR) is 76.1 cm³/mol. The Morgan fingerprint density at radius 3 is 2.79 bits per heavy atom. The number of rotatable bonds is 4. The van der Waals surface area contributed by atoms with E-state index in [-0.39, 0.29) is 5.56 Å². The number of aromatic nitrogens is 1. The molecule has 0 fully saturated rings. The van der Waals surface area contributed by atoms with E-state index in [9.17, 15) is 4.79 Å². The van der Waals surface area contributed by atoms with Crippen LogP contribution in [0.3, 0.4) is 0 Å². The van der Waals surface area contributed by atoms with Gasteiger partial charge in [-0.3, -0.25) is 5.43 Å². The molecule has 2 rings (SSSR count). The van der Waals surface area contributed by atoms with Gasteiger partial charge in [0.05, 0.1) is 33.0 Å². The molecule has 1 aromatic heterocycles. The zero-order valence-corrected chi connectivity index (χ0v) is 11.4. The van der Waals surface area contributed by atoms with E-state index in [0.717, 1.165) is 16.3 Å². The number of thiazole rings is 1. The molecule has 0 amide bonds. The van der Waals surface area contributed by atoms with Crippen molar-refractivity contribution in [1.29, 1.82) is 0 Å². The highest BCUT2D eigenvalue weighted by atomic mass is 32.1. The predicted octanol–water partition coefficient (Wildman–Crippen LogP) is 2.99. The fourth-order valence-corrected chi connectivity index (χ4v) is 2.37. The smallest absolute Gasteiger partial charge is 0.337 e. The number of nitrogens with zero attached hydrogens (tertiary/aromatic N) is 2. The first-order chi connectivity index (χ1) is 9.09. The zero-order valence-electron chi connectivity index (χ0n) is 10.5. The standard InChI is InChI=1S/C13H13N3O2S/c1-8-12(19-7-14-8)9(2)15-16-11-6-4-3-5-10(11)13(17)18/h3-7,16H,1-2H3,(H,17,18)/b15-9+. The van der Waals surface area contributed by atoms with Crippen LogP contribution in [0, 0.1) is 6.92 Å². The molecule has 0 aliphatic carbocycles. The molecule has 0 bridgehead atoms. The van der Waals surface area contributed by atoms with Crippen molar-refractivity contribution in [3.05, 3.63) is 45.9 Å². The lowest BCUT2D eigenvalue weighted by molar-refractivity contribution is 0.0698. The Bertz CT molecular complexity index is 634. The first-order valence-electron chi connectivity index (χ1n) is 5.62. The second-order valence-corrected chi connectivity index (χ2v) is 4.78. The number of para-hydroxylation sites is 1. The Morgan fingerprint density at radius 1 is 1.42 bits per heavy atom. The number of hydrogen-bond acceptors (Lipinski definition) is 5. The van der Waals surface area contributed by atoms with Crippen LogP contribution in [0.5, 0.6) is 0 Å². The highest BCUT2D eigenvalue weighted by molar-refractivity contribution is 7.12. The molecule has 19 heavy (non-hydrogen) atoms. The van der Waals surface area contributed by atoms with Crippen LogP contribution in [-0.4, -0.2) is 21.8 Å². The molecule has 5 nitrogen and oxygen atoms in total. The Kier molecular flexibility index (Phi) is 3.91. The molecule has 1 heterocycles. The van der Waals surface area contributed by atoms with Gasteiger partial charge in [-0.1, -0.05) is 12.1 Å². The number of carbonyl (C=O) groups is 1. The molecule has 0 spiro atoms. The van der Waals surface area contributed by atoms with Gasteiger partial charge in [-0.15, -0.1) is 11.3 Å². The fraction of sp³-hybridized carbons (Fsp3) is 0.154. The number of hydrazone groups is 1. The number of benzene rings is 1. The number of carboxylic acids is 1. The van der Waals surface area contributed by atoms with Crippen LogP contribution in [0.4, 0.5) is 5.69 Å². The van der Waals surface area contributed by atoms with E-state index >= 15 is 0 Å². The minimum atomic E-state index is -0.982. The molecule has 98 valence electrons. The minimum absolute atomic E-state index is 0.195. The molecule has 2 N–H and O–H groups in total. The summed E-state index contributed by atoms with van der Waals surface area (Å²) < 4.78 is 0. The molecule has 0 aliphatic rings. The van der Waals surface area contributed by atoms with Gasteiger partial charge in [0.1, 0.15) is 0 Å². The second-order valence-electron chi connectivity index (χ2n) is 3.93. The summed E-state index contributed by atoms with van der Waals surface area (Å²) in [6.45, 7) is 3.77. The monoisotopic (exact) mass is 275 g/mol. The van der Waals surface area contributed by atoms with Crippen molar-refractivity contribution < 1.29 is 9.90 Å². The lowest BCUT2D eigenvalue weighted by Crippen LogP contribution is -2.04. The Morgan fingerprint density at radius 2 is 2.16 bits per heavy atom.